The first-order chi connectivity index (χ1) is 19.1. The van der Waals surface area contributed by atoms with Gasteiger partial charge in [-0.25, -0.2) is 8.42 Å². The highest BCUT2D eigenvalue weighted by atomic mass is 79.9. The SMILES string of the molecule is CS(=O)(=O)N(CC(=O)N(Cc1ccc(Br)cc1)C(Cc1ccccc1)C(=O)NC1CCCC1)c1ccc(Cl)cc1. The molecule has 1 N–H and O–H groups in total. The molecule has 4 rings (SSSR count). The van der Waals surface area contributed by atoms with Crippen molar-refractivity contribution in [3.8, 4) is 0 Å². The van der Waals surface area contributed by atoms with E-state index < -0.39 is 28.5 Å². The van der Waals surface area contributed by atoms with E-state index in [0.717, 1.165) is 51.8 Å². The molecule has 1 aliphatic rings. The van der Waals surface area contributed by atoms with Crippen molar-refractivity contribution in [2.45, 2.75) is 50.7 Å². The van der Waals surface area contributed by atoms with E-state index in [0.29, 0.717) is 17.1 Å². The molecular weight excluding hydrogens is 614 g/mol. The molecule has 0 aromatic heterocycles. The Labute approximate surface area is 249 Å². The zero-order valence-corrected chi connectivity index (χ0v) is 25.5. The second-order valence-corrected chi connectivity index (χ2v) is 13.3. The monoisotopic (exact) mass is 645 g/mol. The molecule has 0 saturated heterocycles. The van der Waals surface area contributed by atoms with Gasteiger partial charge in [0.05, 0.1) is 11.9 Å². The first-order valence-corrected chi connectivity index (χ1v) is 16.2. The largest absolute Gasteiger partial charge is 0.352 e. The lowest BCUT2D eigenvalue weighted by Crippen LogP contribution is -2.54. The highest BCUT2D eigenvalue weighted by Crippen LogP contribution is 2.23. The number of nitrogens with zero attached hydrogens (tertiary/aromatic N) is 2. The summed E-state index contributed by atoms with van der Waals surface area (Å²) in [6.45, 7) is -0.321. The van der Waals surface area contributed by atoms with Gasteiger partial charge in [0.25, 0.3) is 0 Å². The van der Waals surface area contributed by atoms with Crippen LogP contribution in [-0.2, 0) is 32.6 Å². The predicted octanol–water partition coefficient (Wildman–Crippen LogP) is 5.57. The van der Waals surface area contributed by atoms with E-state index in [9.17, 15) is 18.0 Å². The van der Waals surface area contributed by atoms with Gasteiger partial charge in [-0.1, -0.05) is 82.8 Å². The van der Waals surface area contributed by atoms with Crippen LogP contribution in [0.1, 0.15) is 36.8 Å². The third kappa shape index (κ3) is 8.32. The fourth-order valence-corrected chi connectivity index (χ4v) is 6.17. The van der Waals surface area contributed by atoms with Crippen molar-refractivity contribution in [2.75, 3.05) is 17.1 Å². The second-order valence-electron chi connectivity index (χ2n) is 10.1. The maximum absolute atomic E-state index is 14.1. The number of carbonyl (C=O) groups is 2. The lowest BCUT2D eigenvalue weighted by atomic mass is 10.0. The Kier molecular flexibility index (Phi) is 10.3. The summed E-state index contributed by atoms with van der Waals surface area (Å²) in [5.74, 6) is -0.718. The van der Waals surface area contributed by atoms with Crippen molar-refractivity contribution < 1.29 is 18.0 Å². The average Bonchev–Trinajstić information content (AvgIpc) is 3.44. The maximum atomic E-state index is 14.1. The molecule has 10 heteroatoms. The van der Waals surface area contributed by atoms with Gasteiger partial charge >= 0.3 is 0 Å². The topological polar surface area (TPSA) is 86.8 Å². The minimum absolute atomic E-state index is 0.0667. The summed E-state index contributed by atoms with van der Waals surface area (Å²) in [5.41, 5.74) is 2.04. The molecule has 0 radical (unpaired) electrons. The summed E-state index contributed by atoms with van der Waals surface area (Å²) in [5, 5.41) is 3.61. The Balaban J connectivity index is 1.71. The van der Waals surface area contributed by atoms with Crippen LogP contribution in [-0.4, -0.2) is 50.0 Å². The summed E-state index contributed by atoms with van der Waals surface area (Å²) in [6, 6.07) is 22.6. The molecule has 212 valence electrons. The van der Waals surface area contributed by atoms with Crippen LogP contribution < -0.4 is 9.62 Å². The highest BCUT2D eigenvalue weighted by molar-refractivity contribution is 9.10. The number of sulfonamides is 1. The molecule has 1 unspecified atom stereocenters. The van der Waals surface area contributed by atoms with E-state index in [-0.39, 0.29) is 18.5 Å². The summed E-state index contributed by atoms with van der Waals surface area (Å²) in [7, 11) is -3.83. The van der Waals surface area contributed by atoms with E-state index in [2.05, 4.69) is 21.2 Å². The Hall–Kier alpha value is -2.88. The number of rotatable bonds is 11. The van der Waals surface area contributed by atoms with Crippen LogP contribution in [0.2, 0.25) is 5.02 Å². The molecule has 40 heavy (non-hydrogen) atoms. The first-order valence-electron chi connectivity index (χ1n) is 13.2. The third-order valence-electron chi connectivity index (χ3n) is 7.03. The summed E-state index contributed by atoms with van der Waals surface area (Å²) in [4.78, 5) is 29.4. The third-order valence-corrected chi connectivity index (χ3v) is 8.95. The molecule has 1 saturated carbocycles. The molecule has 3 aromatic rings. The Morgan fingerprint density at radius 3 is 2.17 bits per heavy atom. The molecule has 1 atom stereocenters. The predicted molar refractivity (Wildman–Crippen MR) is 163 cm³/mol. The lowest BCUT2D eigenvalue weighted by Gasteiger charge is -2.34. The van der Waals surface area contributed by atoms with E-state index in [4.69, 9.17) is 11.6 Å². The van der Waals surface area contributed by atoms with Gasteiger partial charge in [0.2, 0.25) is 21.8 Å². The molecule has 0 spiro atoms. The quantitative estimate of drug-likeness (QED) is 0.295. The molecular formula is C30H33BrClN3O4S. The number of carbonyl (C=O) groups excluding carboxylic acids is 2. The van der Waals surface area contributed by atoms with Gasteiger partial charge in [-0.2, -0.15) is 0 Å². The van der Waals surface area contributed by atoms with Crippen molar-refractivity contribution in [1.29, 1.82) is 0 Å². The number of hydrogen-bond donors (Lipinski definition) is 1. The van der Waals surface area contributed by atoms with Gasteiger partial charge < -0.3 is 10.2 Å². The zero-order chi connectivity index (χ0) is 28.7. The summed E-state index contributed by atoms with van der Waals surface area (Å²) >= 11 is 9.46. The summed E-state index contributed by atoms with van der Waals surface area (Å²) in [6.07, 6.45) is 5.27. The fourth-order valence-electron chi connectivity index (χ4n) is 4.93. The number of benzene rings is 3. The number of halogens is 2. The van der Waals surface area contributed by atoms with Gasteiger partial charge in [-0.15, -0.1) is 0 Å². The Morgan fingerprint density at radius 1 is 0.950 bits per heavy atom. The normalized spacial score (nSPS) is 14.5. The van der Waals surface area contributed by atoms with Crippen LogP contribution >= 0.6 is 27.5 Å². The van der Waals surface area contributed by atoms with Crippen molar-refractivity contribution in [2.24, 2.45) is 0 Å². The minimum Gasteiger partial charge on any atom is -0.352 e. The highest BCUT2D eigenvalue weighted by Gasteiger charge is 2.34. The van der Waals surface area contributed by atoms with E-state index in [1.165, 1.54) is 4.90 Å². The smallest absolute Gasteiger partial charge is 0.244 e. The van der Waals surface area contributed by atoms with Gasteiger partial charge in [0.1, 0.15) is 12.6 Å². The number of anilines is 1. The van der Waals surface area contributed by atoms with Gasteiger partial charge in [0.15, 0.2) is 0 Å². The molecule has 1 aliphatic carbocycles. The van der Waals surface area contributed by atoms with Gasteiger partial charge in [-0.05, 0) is 60.4 Å². The first kappa shape index (κ1) is 30.1. The Morgan fingerprint density at radius 2 is 1.57 bits per heavy atom. The molecule has 3 aromatic carbocycles. The maximum Gasteiger partial charge on any atom is 0.244 e. The van der Waals surface area contributed by atoms with Crippen LogP contribution in [0.3, 0.4) is 0 Å². The van der Waals surface area contributed by atoms with E-state index >= 15 is 0 Å². The van der Waals surface area contributed by atoms with Crippen molar-refractivity contribution in [3.63, 3.8) is 0 Å². The lowest BCUT2D eigenvalue weighted by molar-refractivity contribution is -0.140. The number of amides is 2. The van der Waals surface area contributed by atoms with Crippen LogP contribution in [0.4, 0.5) is 5.69 Å². The molecule has 1 fully saturated rings. The molecule has 0 aliphatic heterocycles. The number of nitrogens with one attached hydrogen (secondary N) is 1. The standard InChI is InChI=1S/C30H33BrClN3O4S/c1-40(38,39)35(27-17-15-25(32)16-18-27)21-29(36)34(20-23-11-13-24(31)14-12-23)28(19-22-7-3-2-4-8-22)30(37)33-26-9-5-6-10-26/h2-4,7-8,11-18,26,28H,5-6,9-10,19-21H2,1H3,(H,33,37). The molecule has 0 heterocycles. The minimum atomic E-state index is -3.83. The second kappa shape index (κ2) is 13.7. The molecule has 7 nitrogen and oxygen atoms in total. The Bertz CT molecular complexity index is 1400. The van der Waals surface area contributed by atoms with Crippen LogP contribution in [0.15, 0.2) is 83.3 Å². The van der Waals surface area contributed by atoms with Crippen molar-refractivity contribution in [3.05, 3.63) is 99.5 Å². The van der Waals surface area contributed by atoms with Crippen molar-refractivity contribution in [1.82, 2.24) is 10.2 Å². The zero-order valence-electron chi connectivity index (χ0n) is 22.3. The van der Waals surface area contributed by atoms with Crippen LogP contribution in [0, 0.1) is 0 Å². The van der Waals surface area contributed by atoms with Crippen LogP contribution in [0.25, 0.3) is 0 Å². The molecule has 2 amide bonds. The average molecular weight is 647 g/mol. The van der Waals surface area contributed by atoms with Gasteiger partial charge in [-0.3, -0.25) is 13.9 Å². The molecule has 0 bridgehead atoms. The summed E-state index contributed by atoms with van der Waals surface area (Å²) < 4.78 is 27.6. The number of hydrogen-bond acceptors (Lipinski definition) is 4. The van der Waals surface area contributed by atoms with E-state index in [1.807, 2.05) is 54.6 Å². The van der Waals surface area contributed by atoms with Crippen molar-refractivity contribution >= 4 is 55.1 Å². The fraction of sp³-hybridized carbons (Fsp3) is 0.333. The van der Waals surface area contributed by atoms with Crippen LogP contribution in [0.5, 0.6) is 0 Å². The van der Waals surface area contributed by atoms with E-state index in [1.54, 1.807) is 24.3 Å². The van der Waals surface area contributed by atoms with Gasteiger partial charge in [0, 0.05) is 28.5 Å².